The van der Waals surface area contributed by atoms with Gasteiger partial charge < -0.3 is 0 Å². The Morgan fingerprint density at radius 2 is 1.79 bits per heavy atom. The van der Waals surface area contributed by atoms with Crippen LogP contribution >= 0.6 is 0 Å². The van der Waals surface area contributed by atoms with Crippen molar-refractivity contribution in [2.45, 2.75) is 64.7 Å². The van der Waals surface area contributed by atoms with Gasteiger partial charge in [0.2, 0.25) is 0 Å². The molecule has 0 bridgehead atoms. The Kier molecular flexibility index (Phi) is 4.64. The van der Waals surface area contributed by atoms with Crippen LogP contribution in [0.4, 0.5) is 0 Å². The molecule has 1 aromatic rings. The molecule has 1 unspecified atom stereocenters. The zero-order valence-electron chi connectivity index (χ0n) is 12.3. The lowest BCUT2D eigenvalue weighted by Gasteiger charge is -2.43. The van der Waals surface area contributed by atoms with E-state index in [1.807, 2.05) is 12.1 Å². The predicted octanol–water partition coefficient (Wildman–Crippen LogP) is 5.41. The van der Waals surface area contributed by atoms with Crippen molar-refractivity contribution in [2.75, 3.05) is 0 Å². The molecule has 1 saturated carbocycles. The maximum absolute atomic E-state index is 8.90. The van der Waals surface area contributed by atoms with Crippen LogP contribution in [-0.4, -0.2) is 0 Å². The topological polar surface area (TPSA) is 23.8 Å². The van der Waals surface area contributed by atoms with E-state index >= 15 is 0 Å². The van der Waals surface area contributed by atoms with Gasteiger partial charge >= 0.3 is 0 Å². The van der Waals surface area contributed by atoms with E-state index in [0.29, 0.717) is 11.3 Å². The van der Waals surface area contributed by atoms with E-state index in [1.54, 1.807) is 0 Å². The van der Waals surface area contributed by atoms with Gasteiger partial charge in [0.1, 0.15) is 0 Å². The molecule has 1 fully saturated rings. The highest BCUT2D eigenvalue weighted by atomic mass is 14.4. The molecule has 2 rings (SSSR count). The van der Waals surface area contributed by atoms with Crippen molar-refractivity contribution in [2.24, 2.45) is 5.41 Å². The lowest BCUT2D eigenvalue weighted by atomic mass is 9.62. The van der Waals surface area contributed by atoms with Crippen LogP contribution in [0.5, 0.6) is 0 Å². The van der Waals surface area contributed by atoms with E-state index in [2.05, 4.69) is 32.0 Å². The van der Waals surface area contributed by atoms with Crippen LogP contribution in [0, 0.1) is 16.7 Å². The molecule has 1 atom stereocenters. The van der Waals surface area contributed by atoms with E-state index in [4.69, 9.17) is 5.26 Å². The number of nitrogens with zero attached hydrogens (tertiary/aromatic N) is 1. The smallest absolute Gasteiger partial charge is 0.0991 e. The van der Waals surface area contributed by atoms with Gasteiger partial charge in [-0.05, 0) is 48.3 Å². The first kappa shape index (κ1) is 14.1. The van der Waals surface area contributed by atoms with Crippen molar-refractivity contribution in [3.63, 3.8) is 0 Å². The highest BCUT2D eigenvalue weighted by Gasteiger charge is 2.36. The summed E-state index contributed by atoms with van der Waals surface area (Å²) >= 11 is 0. The zero-order chi connectivity index (χ0) is 13.7. The monoisotopic (exact) mass is 255 g/mol. The molecule has 0 radical (unpaired) electrons. The molecule has 0 aliphatic heterocycles. The summed E-state index contributed by atoms with van der Waals surface area (Å²) in [7, 11) is 0. The van der Waals surface area contributed by atoms with Crippen molar-refractivity contribution in [1.29, 1.82) is 5.26 Å². The molecule has 0 amide bonds. The minimum Gasteiger partial charge on any atom is -0.192 e. The highest BCUT2D eigenvalue weighted by Crippen LogP contribution is 2.50. The summed E-state index contributed by atoms with van der Waals surface area (Å²) in [5, 5.41) is 8.90. The first-order chi connectivity index (χ1) is 9.22. The highest BCUT2D eigenvalue weighted by molar-refractivity contribution is 5.33. The van der Waals surface area contributed by atoms with Gasteiger partial charge in [-0.15, -0.1) is 0 Å². The van der Waals surface area contributed by atoms with E-state index in [0.717, 1.165) is 5.56 Å². The Bertz CT molecular complexity index is 426. The van der Waals surface area contributed by atoms with Crippen molar-refractivity contribution in [1.82, 2.24) is 0 Å². The number of hydrogen-bond acceptors (Lipinski definition) is 1. The van der Waals surface area contributed by atoms with Crippen molar-refractivity contribution >= 4 is 0 Å². The maximum Gasteiger partial charge on any atom is 0.0991 e. The molecule has 102 valence electrons. The summed E-state index contributed by atoms with van der Waals surface area (Å²) in [6.07, 6.45) is 9.56. The molecule has 0 spiro atoms. The third-order valence-corrected chi connectivity index (χ3v) is 5.06. The zero-order valence-corrected chi connectivity index (χ0v) is 12.3. The minimum atomic E-state index is 0.501. The maximum atomic E-state index is 8.90. The Balaban J connectivity index is 2.22. The predicted molar refractivity (Wildman–Crippen MR) is 80.0 cm³/mol. The Hall–Kier alpha value is -1.29. The first-order valence-electron chi connectivity index (χ1n) is 7.72. The number of benzene rings is 1. The Morgan fingerprint density at radius 3 is 2.32 bits per heavy atom. The summed E-state index contributed by atoms with van der Waals surface area (Å²) in [6, 6.07) is 10.5. The summed E-state index contributed by atoms with van der Waals surface area (Å²) < 4.78 is 0. The number of rotatable bonds is 4. The van der Waals surface area contributed by atoms with Crippen LogP contribution in [0.3, 0.4) is 0 Å². The standard InChI is InChI=1S/C18H25N/c1-3-11-18(12-5-4-6-13-18)15(2)17-9-7-16(14-19)8-10-17/h7-10,15H,3-6,11-13H2,1-2H3. The SMILES string of the molecule is CCCC1(C(C)c2ccc(C#N)cc2)CCCCC1. The third kappa shape index (κ3) is 3.00. The van der Waals surface area contributed by atoms with Crippen LogP contribution in [0.2, 0.25) is 0 Å². The molecule has 1 heteroatoms. The van der Waals surface area contributed by atoms with Crippen molar-refractivity contribution in [3.8, 4) is 6.07 Å². The van der Waals surface area contributed by atoms with Gasteiger partial charge in [-0.2, -0.15) is 5.26 Å². The van der Waals surface area contributed by atoms with Gasteiger partial charge in [0.25, 0.3) is 0 Å². The van der Waals surface area contributed by atoms with Gasteiger partial charge in [-0.25, -0.2) is 0 Å². The Morgan fingerprint density at radius 1 is 1.16 bits per heavy atom. The quantitative estimate of drug-likeness (QED) is 0.705. The molecule has 1 aliphatic rings. The molecular weight excluding hydrogens is 230 g/mol. The van der Waals surface area contributed by atoms with Crippen LogP contribution in [0.25, 0.3) is 0 Å². The average Bonchev–Trinajstić information content (AvgIpc) is 2.48. The van der Waals surface area contributed by atoms with Gasteiger partial charge in [0.15, 0.2) is 0 Å². The average molecular weight is 255 g/mol. The molecule has 1 aromatic carbocycles. The van der Waals surface area contributed by atoms with Crippen LogP contribution in [0.15, 0.2) is 24.3 Å². The van der Waals surface area contributed by atoms with Crippen LogP contribution in [-0.2, 0) is 0 Å². The molecule has 0 saturated heterocycles. The van der Waals surface area contributed by atoms with Gasteiger partial charge in [-0.3, -0.25) is 0 Å². The first-order valence-corrected chi connectivity index (χ1v) is 7.72. The lowest BCUT2D eigenvalue weighted by molar-refractivity contribution is 0.135. The fraction of sp³-hybridized carbons (Fsp3) is 0.611. The van der Waals surface area contributed by atoms with Gasteiger partial charge in [0.05, 0.1) is 11.6 Å². The molecule has 0 heterocycles. The molecule has 0 N–H and O–H groups in total. The second-order valence-electron chi connectivity index (χ2n) is 6.13. The van der Waals surface area contributed by atoms with Gasteiger partial charge in [-0.1, -0.05) is 51.7 Å². The largest absolute Gasteiger partial charge is 0.192 e. The summed E-state index contributed by atoms with van der Waals surface area (Å²) in [5.74, 6) is 0.612. The molecule has 1 nitrogen and oxygen atoms in total. The normalized spacial score (nSPS) is 19.6. The van der Waals surface area contributed by atoms with E-state index in [1.165, 1.54) is 50.5 Å². The summed E-state index contributed by atoms with van der Waals surface area (Å²) in [5.41, 5.74) is 2.68. The number of hydrogen-bond donors (Lipinski definition) is 0. The lowest BCUT2D eigenvalue weighted by Crippen LogP contribution is -2.30. The van der Waals surface area contributed by atoms with Crippen molar-refractivity contribution < 1.29 is 0 Å². The Labute approximate surface area is 117 Å². The second kappa shape index (κ2) is 6.24. The summed E-state index contributed by atoms with van der Waals surface area (Å²) in [6.45, 7) is 4.70. The van der Waals surface area contributed by atoms with E-state index < -0.39 is 0 Å². The van der Waals surface area contributed by atoms with E-state index in [9.17, 15) is 0 Å². The third-order valence-electron chi connectivity index (χ3n) is 5.06. The molecular formula is C18H25N. The summed E-state index contributed by atoms with van der Waals surface area (Å²) in [4.78, 5) is 0. The fourth-order valence-corrected chi connectivity index (χ4v) is 3.85. The van der Waals surface area contributed by atoms with Crippen LogP contribution in [0.1, 0.15) is 75.8 Å². The second-order valence-corrected chi connectivity index (χ2v) is 6.13. The molecule has 19 heavy (non-hydrogen) atoms. The van der Waals surface area contributed by atoms with E-state index in [-0.39, 0.29) is 0 Å². The molecule has 0 aromatic heterocycles. The van der Waals surface area contributed by atoms with Crippen molar-refractivity contribution in [3.05, 3.63) is 35.4 Å². The molecule has 1 aliphatic carbocycles. The van der Waals surface area contributed by atoms with Gasteiger partial charge in [0, 0.05) is 0 Å². The van der Waals surface area contributed by atoms with Crippen LogP contribution < -0.4 is 0 Å². The fourth-order valence-electron chi connectivity index (χ4n) is 3.85. The number of nitriles is 1. The minimum absolute atomic E-state index is 0.501.